The van der Waals surface area contributed by atoms with Gasteiger partial charge in [-0.1, -0.05) is 0 Å². The third kappa shape index (κ3) is 1.70. The Labute approximate surface area is 89.4 Å². The minimum atomic E-state index is -0.738. The van der Waals surface area contributed by atoms with Crippen molar-refractivity contribution < 1.29 is 8.78 Å². The number of aromatic nitrogens is 1. The summed E-state index contributed by atoms with van der Waals surface area (Å²) in [6.45, 7) is 1.82. The van der Waals surface area contributed by atoms with E-state index in [0.29, 0.717) is 10.4 Å². The van der Waals surface area contributed by atoms with E-state index in [0.717, 1.165) is 11.1 Å². The van der Waals surface area contributed by atoms with Crippen LogP contribution in [-0.2, 0) is 0 Å². The van der Waals surface area contributed by atoms with Crippen LogP contribution in [0.2, 0.25) is 0 Å². The molecule has 0 saturated carbocycles. The van der Waals surface area contributed by atoms with E-state index < -0.39 is 17.3 Å². The summed E-state index contributed by atoms with van der Waals surface area (Å²) >= 11 is 1.34. The number of benzene rings is 1. The van der Waals surface area contributed by atoms with E-state index in [1.165, 1.54) is 17.4 Å². The van der Waals surface area contributed by atoms with Crippen LogP contribution in [0.1, 0.15) is 5.01 Å². The van der Waals surface area contributed by atoms with Crippen molar-refractivity contribution in [3.63, 3.8) is 0 Å². The van der Waals surface area contributed by atoms with Gasteiger partial charge in [0.25, 0.3) is 0 Å². The lowest BCUT2D eigenvalue weighted by atomic mass is 10.1. The molecule has 5 heteroatoms. The highest BCUT2D eigenvalue weighted by Crippen LogP contribution is 2.31. The van der Waals surface area contributed by atoms with Crippen molar-refractivity contribution in [1.29, 1.82) is 0 Å². The first-order valence-electron chi connectivity index (χ1n) is 4.26. The van der Waals surface area contributed by atoms with Gasteiger partial charge in [-0.05, 0) is 19.1 Å². The molecule has 0 unspecified atom stereocenters. The average Bonchev–Trinajstić information content (AvgIpc) is 2.61. The molecule has 0 saturated heterocycles. The zero-order valence-electron chi connectivity index (χ0n) is 7.92. The van der Waals surface area contributed by atoms with Crippen LogP contribution in [0, 0.1) is 18.6 Å². The molecule has 0 aliphatic carbocycles. The molecular weight excluding hydrogens is 218 g/mol. The fourth-order valence-electron chi connectivity index (χ4n) is 1.25. The lowest BCUT2D eigenvalue weighted by Gasteiger charge is -2.03. The van der Waals surface area contributed by atoms with Gasteiger partial charge in [0, 0.05) is 11.8 Å². The van der Waals surface area contributed by atoms with Crippen molar-refractivity contribution >= 4 is 17.0 Å². The lowest BCUT2D eigenvalue weighted by Crippen LogP contribution is -1.96. The van der Waals surface area contributed by atoms with E-state index in [-0.39, 0.29) is 0 Å². The summed E-state index contributed by atoms with van der Waals surface area (Å²) in [5.74, 6) is -1.46. The number of aryl methyl sites for hydroxylation is 1. The second-order valence-corrected chi connectivity index (χ2v) is 4.30. The van der Waals surface area contributed by atoms with Crippen LogP contribution < -0.4 is 5.73 Å². The normalized spacial score (nSPS) is 10.6. The van der Waals surface area contributed by atoms with Crippen LogP contribution >= 0.6 is 11.3 Å². The Kier molecular flexibility index (Phi) is 2.40. The fourth-order valence-corrected chi connectivity index (χ4v) is 2.04. The molecule has 0 atom stereocenters. The minimum Gasteiger partial charge on any atom is -0.394 e. The monoisotopic (exact) mass is 226 g/mol. The topological polar surface area (TPSA) is 38.9 Å². The zero-order valence-corrected chi connectivity index (χ0v) is 8.74. The molecule has 2 N–H and O–H groups in total. The molecular formula is C10H8F2N2S. The molecule has 0 spiro atoms. The number of hydrogen-bond acceptors (Lipinski definition) is 3. The Morgan fingerprint density at radius 1 is 1.33 bits per heavy atom. The van der Waals surface area contributed by atoms with Crippen molar-refractivity contribution in [3.8, 4) is 10.4 Å². The summed E-state index contributed by atoms with van der Waals surface area (Å²) in [5.41, 5.74) is 5.11. The smallest absolute Gasteiger partial charge is 0.157 e. The van der Waals surface area contributed by atoms with Gasteiger partial charge < -0.3 is 5.73 Å². The van der Waals surface area contributed by atoms with Crippen molar-refractivity contribution in [1.82, 2.24) is 4.98 Å². The standard InChI is InChI=1S/C10H8F2N2S/c1-5-14-4-8(15-5)6-2-3-7(11)10(13)9(6)12/h2-4H,13H2,1H3. The quantitative estimate of drug-likeness (QED) is 0.759. The summed E-state index contributed by atoms with van der Waals surface area (Å²) in [7, 11) is 0. The molecule has 0 aliphatic heterocycles. The summed E-state index contributed by atoms with van der Waals surface area (Å²) in [6.07, 6.45) is 1.55. The summed E-state index contributed by atoms with van der Waals surface area (Å²) in [6, 6.07) is 2.52. The molecule has 2 aromatic rings. The molecule has 1 aromatic carbocycles. The van der Waals surface area contributed by atoms with E-state index in [1.807, 2.05) is 6.92 Å². The number of thiazole rings is 1. The molecule has 0 radical (unpaired) electrons. The van der Waals surface area contributed by atoms with E-state index in [2.05, 4.69) is 4.98 Å². The third-order valence-corrected chi connectivity index (χ3v) is 2.96. The minimum absolute atomic E-state index is 0.291. The first-order chi connectivity index (χ1) is 7.09. The number of nitrogens with zero attached hydrogens (tertiary/aromatic N) is 1. The van der Waals surface area contributed by atoms with Gasteiger partial charge in [-0.15, -0.1) is 11.3 Å². The van der Waals surface area contributed by atoms with Crippen molar-refractivity contribution in [2.24, 2.45) is 0 Å². The number of anilines is 1. The highest BCUT2D eigenvalue weighted by atomic mass is 32.1. The SMILES string of the molecule is Cc1ncc(-c2ccc(F)c(N)c2F)s1. The van der Waals surface area contributed by atoms with Crippen LogP contribution in [-0.4, -0.2) is 4.98 Å². The van der Waals surface area contributed by atoms with E-state index in [9.17, 15) is 8.78 Å². The van der Waals surface area contributed by atoms with Gasteiger partial charge in [-0.2, -0.15) is 0 Å². The third-order valence-electron chi connectivity index (χ3n) is 2.01. The van der Waals surface area contributed by atoms with Crippen molar-refractivity contribution in [2.45, 2.75) is 6.92 Å². The Morgan fingerprint density at radius 3 is 2.67 bits per heavy atom. The maximum atomic E-state index is 13.6. The first kappa shape index (κ1) is 10.0. The number of hydrogen-bond donors (Lipinski definition) is 1. The summed E-state index contributed by atoms with van der Waals surface area (Å²) in [4.78, 5) is 4.65. The van der Waals surface area contributed by atoms with Gasteiger partial charge >= 0.3 is 0 Å². The molecule has 78 valence electrons. The number of rotatable bonds is 1. The fraction of sp³-hybridized carbons (Fsp3) is 0.100. The predicted molar refractivity (Wildman–Crippen MR) is 56.6 cm³/mol. The second kappa shape index (κ2) is 3.58. The molecule has 1 aromatic heterocycles. The zero-order chi connectivity index (χ0) is 11.0. The highest BCUT2D eigenvalue weighted by Gasteiger charge is 2.13. The summed E-state index contributed by atoms with van der Waals surface area (Å²) < 4.78 is 26.5. The van der Waals surface area contributed by atoms with E-state index in [4.69, 9.17) is 5.73 Å². The van der Waals surface area contributed by atoms with Crippen molar-refractivity contribution in [2.75, 3.05) is 5.73 Å². The maximum absolute atomic E-state index is 13.6. The highest BCUT2D eigenvalue weighted by molar-refractivity contribution is 7.15. The molecule has 0 amide bonds. The van der Waals surface area contributed by atoms with Crippen LogP contribution in [0.5, 0.6) is 0 Å². The maximum Gasteiger partial charge on any atom is 0.157 e. The molecule has 0 aliphatic rings. The number of nitrogens with two attached hydrogens (primary N) is 1. The van der Waals surface area contributed by atoms with Crippen LogP contribution in [0.25, 0.3) is 10.4 Å². The molecule has 0 fully saturated rings. The molecule has 15 heavy (non-hydrogen) atoms. The molecule has 1 heterocycles. The second-order valence-electron chi connectivity index (χ2n) is 3.07. The van der Waals surface area contributed by atoms with Gasteiger partial charge in [-0.3, -0.25) is 0 Å². The van der Waals surface area contributed by atoms with Gasteiger partial charge in [0.2, 0.25) is 0 Å². The Hall–Kier alpha value is -1.49. The van der Waals surface area contributed by atoms with Gasteiger partial charge in [0.05, 0.1) is 9.88 Å². The largest absolute Gasteiger partial charge is 0.394 e. The molecule has 0 bridgehead atoms. The average molecular weight is 226 g/mol. The summed E-state index contributed by atoms with van der Waals surface area (Å²) in [5, 5.41) is 0.826. The Balaban J connectivity index is 2.59. The van der Waals surface area contributed by atoms with Crippen molar-refractivity contribution in [3.05, 3.63) is 35.0 Å². The number of halogens is 2. The Bertz CT molecular complexity index is 508. The van der Waals surface area contributed by atoms with Crippen LogP contribution in [0.15, 0.2) is 18.3 Å². The van der Waals surface area contributed by atoms with Gasteiger partial charge in [0.1, 0.15) is 11.5 Å². The lowest BCUT2D eigenvalue weighted by molar-refractivity contribution is 0.594. The van der Waals surface area contributed by atoms with Crippen LogP contribution in [0.3, 0.4) is 0 Å². The van der Waals surface area contributed by atoms with Crippen LogP contribution in [0.4, 0.5) is 14.5 Å². The Morgan fingerprint density at radius 2 is 2.07 bits per heavy atom. The number of nitrogen functional groups attached to an aromatic ring is 1. The predicted octanol–water partition coefficient (Wildman–Crippen LogP) is 2.98. The van der Waals surface area contributed by atoms with E-state index >= 15 is 0 Å². The molecule has 2 nitrogen and oxygen atoms in total. The molecule has 2 rings (SSSR count). The van der Waals surface area contributed by atoms with E-state index in [1.54, 1.807) is 6.20 Å². The van der Waals surface area contributed by atoms with Gasteiger partial charge in [0.15, 0.2) is 5.82 Å². The first-order valence-corrected chi connectivity index (χ1v) is 5.07. The van der Waals surface area contributed by atoms with Gasteiger partial charge in [-0.25, -0.2) is 13.8 Å².